The van der Waals surface area contributed by atoms with E-state index in [4.69, 9.17) is 0 Å². The molecule has 0 radical (unpaired) electrons. The van der Waals surface area contributed by atoms with Crippen LogP contribution in [0.5, 0.6) is 0 Å². The Balaban J connectivity index is 1.70. The fraction of sp³-hybridized carbons (Fsp3) is 0.208. The highest BCUT2D eigenvalue weighted by molar-refractivity contribution is 6.08. The zero-order chi connectivity index (χ0) is 22.0. The average Bonchev–Trinajstić information content (AvgIpc) is 3.23. The van der Waals surface area contributed by atoms with E-state index in [1.165, 1.54) is 17.8 Å². The van der Waals surface area contributed by atoms with Crippen molar-refractivity contribution in [1.29, 1.82) is 0 Å². The molecule has 31 heavy (non-hydrogen) atoms. The van der Waals surface area contributed by atoms with E-state index < -0.39 is 12.3 Å². The average molecular weight is 420 g/mol. The molecule has 0 aliphatic carbocycles. The molecule has 0 fully saturated rings. The largest absolute Gasteiger partial charge is 0.322 e. The molecule has 1 unspecified atom stereocenters. The van der Waals surface area contributed by atoms with Gasteiger partial charge < -0.3 is 5.32 Å². The Labute approximate surface area is 178 Å². The molecular weight excluding hydrogens is 398 g/mol. The first-order chi connectivity index (χ1) is 15.0. The molecule has 0 aliphatic heterocycles. The van der Waals surface area contributed by atoms with E-state index in [0.29, 0.717) is 22.9 Å². The van der Waals surface area contributed by atoms with Gasteiger partial charge in [-0.2, -0.15) is 5.10 Å². The Hall–Kier alpha value is -3.61. The molecule has 158 valence electrons. The number of benzene rings is 2. The second kappa shape index (κ2) is 8.63. The molecule has 1 amide bonds. The van der Waals surface area contributed by atoms with Crippen molar-refractivity contribution in [1.82, 2.24) is 14.6 Å². The van der Waals surface area contributed by atoms with Crippen molar-refractivity contribution in [3.63, 3.8) is 0 Å². The molecule has 4 aromatic rings. The highest BCUT2D eigenvalue weighted by Crippen LogP contribution is 2.27. The number of hydrogen-bond donors (Lipinski definition) is 1. The lowest BCUT2D eigenvalue weighted by molar-refractivity contribution is 0.102. The minimum absolute atomic E-state index is 0.0883. The summed E-state index contributed by atoms with van der Waals surface area (Å²) in [5.41, 5.74) is 2.74. The van der Waals surface area contributed by atoms with Crippen molar-refractivity contribution < 1.29 is 13.6 Å². The number of alkyl halides is 2. The second-order valence-corrected chi connectivity index (χ2v) is 7.41. The quantitative estimate of drug-likeness (QED) is 0.410. The predicted molar refractivity (Wildman–Crippen MR) is 116 cm³/mol. The van der Waals surface area contributed by atoms with Crippen LogP contribution in [0.15, 0.2) is 66.9 Å². The first kappa shape index (κ1) is 20.7. The number of anilines is 1. The summed E-state index contributed by atoms with van der Waals surface area (Å²) in [6, 6.07) is 17.9. The maximum absolute atomic E-state index is 13.7. The van der Waals surface area contributed by atoms with Gasteiger partial charge in [0.15, 0.2) is 5.65 Å². The van der Waals surface area contributed by atoms with Gasteiger partial charge in [0.05, 0.1) is 11.9 Å². The Morgan fingerprint density at radius 1 is 1.10 bits per heavy atom. The van der Waals surface area contributed by atoms with Crippen LogP contribution in [0.3, 0.4) is 0 Å². The molecular formula is C24H22F2N4O. The number of carbonyl (C=O) groups excluding carboxylic acids is 1. The SMILES string of the molecule is CCC(C)c1ccc(NC(=O)c2cnn3c(C(F)F)cc(-c4ccccc4)nc23)cc1. The number of halogens is 2. The van der Waals surface area contributed by atoms with Crippen LogP contribution in [0.2, 0.25) is 0 Å². The van der Waals surface area contributed by atoms with E-state index in [0.717, 1.165) is 10.9 Å². The van der Waals surface area contributed by atoms with Crippen molar-refractivity contribution in [2.75, 3.05) is 5.32 Å². The topological polar surface area (TPSA) is 59.3 Å². The molecule has 0 saturated heterocycles. The van der Waals surface area contributed by atoms with Gasteiger partial charge in [0.2, 0.25) is 0 Å². The van der Waals surface area contributed by atoms with Crippen molar-refractivity contribution in [3.05, 3.63) is 83.7 Å². The minimum atomic E-state index is -2.77. The fourth-order valence-corrected chi connectivity index (χ4v) is 3.39. The number of nitrogens with one attached hydrogen (secondary N) is 1. The third kappa shape index (κ3) is 4.17. The van der Waals surface area contributed by atoms with E-state index in [9.17, 15) is 13.6 Å². The lowest BCUT2D eigenvalue weighted by atomic mass is 9.99. The fourth-order valence-electron chi connectivity index (χ4n) is 3.39. The lowest BCUT2D eigenvalue weighted by Crippen LogP contribution is -2.13. The summed E-state index contributed by atoms with van der Waals surface area (Å²) in [5, 5.41) is 6.81. The summed E-state index contributed by atoms with van der Waals surface area (Å²) < 4.78 is 28.4. The number of rotatable bonds is 6. The smallest absolute Gasteiger partial charge is 0.280 e. The van der Waals surface area contributed by atoms with Gasteiger partial charge in [0, 0.05) is 11.3 Å². The van der Waals surface area contributed by atoms with Crippen LogP contribution in [-0.2, 0) is 0 Å². The van der Waals surface area contributed by atoms with Crippen LogP contribution in [0.25, 0.3) is 16.9 Å². The van der Waals surface area contributed by atoms with E-state index >= 15 is 0 Å². The van der Waals surface area contributed by atoms with Gasteiger partial charge in [0.1, 0.15) is 11.3 Å². The third-order valence-electron chi connectivity index (χ3n) is 5.39. The van der Waals surface area contributed by atoms with E-state index in [1.807, 2.05) is 30.3 Å². The van der Waals surface area contributed by atoms with Gasteiger partial charge in [-0.3, -0.25) is 4.79 Å². The first-order valence-corrected chi connectivity index (χ1v) is 10.1. The maximum Gasteiger partial charge on any atom is 0.280 e. The number of amides is 1. The van der Waals surface area contributed by atoms with Crippen molar-refractivity contribution in [3.8, 4) is 11.3 Å². The van der Waals surface area contributed by atoms with Crippen LogP contribution >= 0.6 is 0 Å². The molecule has 2 heterocycles. The second-order valence-electron chi connectivity index (χ2n) is 7.41. The molecule has 1 N–H and O–H groups in total. The number of fused-ring (bicyclic) bond motifs is 1. The highest BCUT2D eigenvalue weighted by atomic mass is 19.3. The lowest BCUT2D eigenvalue weighted by Gasteiger charge is -2.11. The number of carbonyl (C=O) groups is 1. The Bertz CT molecular complexity index is 1200. The monoisotopic (exact) mass is 420 g/mol. The number of aromatic nitrogens is 3. The van der Waals surface area contributed by atoms with Gasteiger partial charge in [-0.15, -0.1) is 0 Å². The Morgan fingerprint density at radius 3 is 2.45 bits per heavy atom. The molecule has 0 spiro atoms. The van der Waals surface area contributed by atoms with Crippen LogP contribution in [0.4, 0.5) is 14.5 Å². The van der Waals surface area contributed by atoms with Gasteiger partial charge in [-0.1, -0.05) is 56.3 Å². The van der Waals surface area contributed by atoms with Crippen LogP contribution in [0.1, 0.15) is 54.2 Å². The van der Waals surface area contributed by atoms with E-state index in [2.05, 4.69) is 29.2 Å². The molecule has 2 aromatic carbocycles. The Kier molecular flexibility index (Phi) is 5.75. The summed E-state index contributed by atoms with van der Waals surface area (Å²) in [6.45, 7) is 4.26. The maximum atomic E-state index is 13.7. The Morgan fingerprint density at radius 2 is 1.81 bits per heavy atom. The standard InChI is InChI=1S/C24H22F2N4O/c1-3-15(2)16-9-11-18(12-10-16)28-24(31)19-14-27-30-21(22(25)26)13-20(29-23(19)30)17-7-5-4-6-8-17/h4-15,22H,3H2,1-2H3,(H,28,31). The van der Waals surface area contributed by atoms with E-state index in [-0.39, 0.29) is 16.9 Å². The molecule has 2 aromatic heterocycles. The van der Waals surface area contributed by atoms with Crippen LogP contribution < -0.4 is 5.32 Å². The zero-order valence-corrected chi connectivity index (χ0v) is 17.2. The summed E-state index contributed by atoms with van der Waals surface area (Å²) in [4.78, 5) is 17.4. The van der Waals surface area contributed by atoms with Crippen molar-refractivity contribution in [2.45, 2.75) is 32.6 Å². The molecule has 7 heteroatoms. The summed E-state index contributed by atoms with van der Waals surface area (Å²) in [5.74, 6) is -0.0260. The highest BCUT2D eigenvalue weighted by Gasteiger charge is 2.21. The number of hydrogen-bond acceptors (Lipinski definition) is 3. The predicted octanol–water partition coefficient (Wildman–Crippen LogP) is 6.10. The first-order valence-electron chi connectivity index (χ1n) is 10.1. The van der Waals surface area contributed by atoms with Crippen LogP contribution in [-0.4, -0.2) is 20.5 Å². The van der Waals surface area contributed by atoms with Crippen molar-refractivity contribution >= 4 is 17.2 Å². The van der Waals surface area contributed by atoms with Gasteiger partial charge in [0.25, 0.3) is 12.3 Å². The summed E-state index contributed by atoms with van der Waals surface area (Å²) >= 11 is 0. The van der Waals surface area contributed by atoms with Crippen molar-refractivity contribution in [2.24, 2.45) is 0 Å². The molecule has 0 bridgehead atoms. The van der Waals surface area contributed by atoms with Crippen LogP contribution in [0, 0.1) is 0 Å². The van der Waals surface area contributed by atoms with Gasteiger partial charge in [-0.05, 0) is 36.1 Å². The van der Waals surface area contributed by atoms with Gasteiger partial charge >= 0.3 is 0 Å². The molecule has 0 saturated carbocycles. The van der Waals surface area contributed by atoms with E-state index in [1.54, 1.807) is 24.3 Å². The minimum Gasteiger partial charge on any atom is -0.322 e. The molecule has 5 nitrogen and oxygen atoms in total. The summed E-state index contributed by atoms with van der Waals surface area (Å²) in [6.07, 6.45) is -0.473. The zero-order valence-electron chi connectivity index (χ0n) is 17.2. The normalized spacial score (nSPS) is 12.3. The molecule has 0 aliphatic rings. The molecule has 1 atom stereocenters. The summed E-state index contributed by atoms with van der Waals surface area (Å²) in [7, 11) is 0. The number of nitrogens with zero attached hydrogens (tertiary/aromatic N) is 3. The molecule has 4 rings (SSSR count). The van der Waals surface area contributed by atoms with Gasteiger partial charge in [-0.25, -0.2) is 18.3 Å². The third-order valence-corrected chi connectivity index (χ3v) is 5.39.